The van der Waals surface area contributed by atoms with Crippen LogP contribution in [0.2, 0.25) is 0 Å². The zero-order valence-corrected chi connectivity index (χ0v) is 12.8. The summed E-state index contributed by atoms with van der Waals surface area (Å²) in [7, 11) is -5.49. The van der Waals surface area contributed by atoms with Gasteiger partial charge in [-0.1, -0.05) is 12.2 Å². The van der Waals surface area contributed by atoms with E-state index in [-0.39, 0.29) is 5.75 Å². The summed E-state index contributed by atoms with van der Waals surface area (Å²) in [6, 6.07) is 4.70. The van der Waals surface area contributed by atoms with E-state index in [0.717, 1.165) is 3.57 Å². The van der Waals surface area contributed by atoms with Crippen LogP contribution in [0.1, 0.15) is 12.5 Å². The Labute approximate surface area is 123 Å². The Hall–Kier alpha value is -0.740. The molecule has 4 nitrogen and oxygen atoms in total. The molecular weight excluding hydrogens is 393 g/mol. The molecule has 0 aromatic heterocycles. The quantitative estimate of drug-likeness (QED) is 0.605. The maximum Gasteiger partial charge on any atom is 0.402 e. The first-order valence-corrected chi connectivity index (χ1v) is 7.49. The van der Waals surface area contributed by atoms with Crippen LogP contribution in [0, 0.1) is 3.57 Å². The van der Waals surface area contributed by atoms with Crippen molar-refractivity contribution in [3.05, 3.63) is 33.9 Å². The van der Waals surface area contributed by atoms with Crippen LogP contribution in [0.15, 0.2) is 24.8 Å². The van der Waals surface area contributed by atoms with Gasteiger partial charge in [0, 0.05) is 3.57 Å². The first-order chi connectivity index (χ1) is 8.53. The number of benzene rings is 1. The van der Waals surface area contributed by atoms with Gasteiger partial charge in [-0.25, -0.2) is 0 Å². The van der Waals surface area contributed by atoms with Crippen molar-refractivity contribution in [3.63, 3.8) is 0 Å². The number of allylic oxidation sites excluding steroid dienone is 1. The topological polar surface area (TPSA) is 63.6 Å². The predicted octanol–water partition coefficient (Wildman–Crippen LogP) is 3.18. The van der Waals surface area contributed by atoms with E-state index in [1.807, 2.05) is 22.6 Å². The molecule has 0 saturated heterocycles. The number of halogens is 3. The van der Waals surface area contributed by atoms with Crippen LogP contribution in [0.3, 0.4) is 0 Å². The Morgan fingerprint density at radius 2 is 2.05 bits per heavy atom. The first-order valence-electron chi connectivity index (χ1n) is 4.97. The molecule has 0 heterocycles. The van der Waals surface area contributed by atoms with Crippen LogP contribution in [0.5, 0.6) is 5.75 Å². The monoisotopic (exact) mass is 404 g/mol. The molecule has 0 unspecified atom stereocenters. The van der Waals surface area contributed by atoms with Crippen molar-refractivity contribution in [1.29, 1.82) is 0 Å². The fourth-order valence-electron chi connectivity index (χ4n) is 1.13. The lowest BCUT2D eigenvalue weighted by Gasteiger charge is -2.15. The van der Waals surface area contributed by atoms with E-state index in [2.05, 4.69) is 6.58 Å². The highest BCUT2D eigenvalue weighted by atomic mass is 127. The number of hydrogen-bond acceptors (Lipinski definition) is 3. The van der Waals surface area contributed by atoms with Gasteiger partial charge in [0.15, 0.2) is 6.61 Å². The number of hydrogen-bond donors (Lipinski definition) is 1. The second-order valence-corrected chi connectivity index (χ2v) is 6.65. The summed E-state index contributed by atoms with van der Waals surface area (Å²) >= 11 is 1.96. The van der Waals surface area contributed by atoms with Crippen molar-refractivity contribution in [1.82, 2.24) is 0 Å². The van der Waals surface area contributed by atoms with Gasteiger partial charge in [-0.15, -0.1) is 0 Å². The van der Waals surface area contributed by atoms with E-state index in [1.54, 1.807) is 13.0 Å². The summed E-state index contributed by atoms with van der Waals surface area (Å²) in [6.07, 6.45) is 0. The fraction of sp³-hybridized carbons (Fsp3) is 0.273. The van der Waals surface area contributed by atoms with Gasteiger partial charge in [0.1, 0.15) is 5.75 Å². The second-order valence-electron chi connectivity index (χ2n) is 3.86. The third-order valence-corrected chi connectivity index (χ3v) is 3.64. The van der Waals surface area contributed by atoms with Gasteiger partial charge in [0.2, 0.25) is 0 Å². The Bertz CT molecular complexity index is 599. The second kappa shape index (κ2) is 5.71. The van der Waals surface area contributed by atoms with E-state index in [0.29, 0.717) is 11.1 Å². The lowest BCUT2D eigenvalue weighted by Crippen LogP contribution is -2.34. The molecule has 0 bridgehead atoms. The van der Waals surface area contributed by atoms with E-state index < -0.39 is 22.0 Å². The molecule has 0 radical (unpaired) electrons. The molecule has 106 valence electrons. The van der Waals surface area contributed by atoms with E-state index in [9.17, 15) is 17.2 Å². The Morgan fingerprint density at radius 1 is 1.47 bits per heavy atom. The third-order valence-electron chi connectivity index (χ3n) is 2.15. The summed E-state index contributed by atoms with van der Waals surface area (Å²) < 4.78 is 60.6. The molecule has 0 spiro atoms. The highest BCUT2D eigenvalue weighted by Crippen LogP contribution is 2.26. The van der Waals surface area contributed by atoms with Crippen molar-refractivity contribution in [3.8, 4) is 5.75 Å². The summed E-state index contributed by atoms with van der Waals surface area (Å²) in [4.78, 5) is 0. The average Bonchev–Trinajstić information content (AvgIpc) is 2.24. The van der Waals surface area contributed by atoms with Crippen LogP contribution < -0.4 is 4.74 Å². The number of ether oxygens (including phenoxy) is 1. The summed E-state index contributed by atoms with van der Waals surface area (Å²) in [5.41, 5.74) is 1.40. The molecular formula is C11H11F2IO4S. The largest absolute Gasteiger partial charge is 0.486 e. The Balaban J connectivity index is 2.93. The van der Waals surface area contributed by atoms with Crippen molar-refractivity contribution in [2.24, 2.45) is 0 Å². The van der Waals surface area contributed by atoms with Crippen LogP contribution >= 0.6 is 22.6 Å². The maximum atomic E-state index is 13.0. The van der Waals surface area contributed by atoms with Crippen molar-refractivity contribution >= 4 is 38.3 Å². The summed E-state index contributed by atoms with van der Waals surface area (Å²) in [6.45, 7) is 3.99. The first kappa shape index (κ1) is 16.3. The molecule has 19 heavy (non-hydrogen) atoms. The number of alkyl halides is 2. The van der Waals surface area contributed by atoms with Gasteiger partial charge >= 0.3 is 15.4 Å². The van der Waals surface area contributed by atoms with E-state index in [1.165, 1.54) is 12.1 Å². The van der Waals surface area contributed by atoms with Gasteiger partial charge < -0.3 is 4.74 Å². The molecule has 0 aliphatic heterocycles. The highest BCUT2D eigenvalue weighted by molar-refractivity contribution is 14.1. The standard InChI is InChI=1S/C11H11F2IO4S/c1-7(2)8-3-9(14)5-10(4-8)18-6-11(12,13)19(15,16)17/h3-5H,1,6H2,2H3,(H,15,16,17). The lowest BCUT2D eigenvalue weighted by molar-refractivity contribution is 0.0288. The van der Waals surface area contributed by atoms with Gasteiger partial charge in [0.25, 0.3) is 0 Å². The zero-order chi connectivity index (χ0) is 14.8. The molecule has 1 N–H and O–H groups in total. The predicted molar refractivity (Wildman–Crippen MR) is 75.9 cm³/mol. The average molecular weight is 404 g/mol. The number of rotatable bonds is 5. The third kappa shape index (κ3) is 4.39. The maximum absolute atomic E-state index is 13.0. The molecule has 1 aromatic carbocycles. The Morgan fingerprint density at radius 3 is 2.53 bits per heavy atom. The molecule has 1 aromatic rings. The smallest absolute Gasteiger partial charge is 0.402 e. The van der Waals surface area contributed by atoms with Crippen LogP contribution in [-0.2, 0) is 10.1 Å². The molecule has 0 aliphatic rings. The van der Waals surface area contributed by atoms with Crippen molar-refractivity contribution < 1.29 is 26.5 Å². The molecule has 1 rings (SSSR count). The lowest BCUT2D eigenvalue weighted by atomic mass is 10.1. The fourth-order valence-corrected chi connectivity index (χ4v) is 1.98. The van der Waals surface area contributed by atoms with Crippen molar-refractivity contribution in [2.45, 2.75) is 12.2 Å². The van der Waals surface area contributed by atoms with Crippen molar-refractivity contribution in [2.75, 3.05) is 6.61 Å². The molecule has 0 amide bonds. The molecule has 0 atom stereocenters. The molecule has 0 saturated carbocycles. The minimum absolute atomic E-state index is 0.0771. The SMILES string of the molecule is C=C(C)c1cc(I)cc(OCC(F)(F)S(=O)(=O)O)c1. The van der Waals surface area contributed by atoms with E-state index in [4.69, 9.17) is 9.29 Å². The normalized spacial score (nSPS) is 12.3. The Kier molecular flexibility index (Phi) is 4.91. The summed E-state index contributed by atoms with van der Waals surface area (Å²) in [5.74, 6) is 0.0771. The molecule has 0 aliphatic carbocycles. The molecule has 8 heteroatoms. The molecule has 0 fully saturated rings. The van der Waals surface area contributed by atoms with Crippen LogP contribution in [0.25, 0.3) is 5.57 Å². The van der Waals surface area contributed by atoms with Gasteiger partial charge in [-0.2, -0.15) is 17.2 Å². The zero-order valence-electron chi connectivity index (χ0n) is 9.86. The van der Waals surface area contributed by atoms with Crippen LogP contribution in [-0.4, -0.2) is 24.8 Å². The van der Waals surface area contributed by atoms with E-state index >= 15 is 0 Å². The van der Waals surface area contributed by atoms with Gasteiger partial charge in [-0.3, -0.25) is 4.55 Å². The summed E-state index contributed by atoms with van der Waals surface area (Å²) in [5, 5.41) is -4.35. The minimum Gasteiger partial charge on any atom is -0.486 e. The van der Waals surface area contributed by atoms with Gasteiger partial charge in [-0.05, 0) is 53.3 Å². The minimum atomic E-state index is -5.49. The van der Waals surface area contributed by atoms with Crippen LogP contribution in [0.4, 0.5) is 8.78 Å². The van der Waals surface area contributed by atoms with Gasteiger partial charge in [0.05, 0.1) is 0 Å². The highest BCUT2D eigenvalue weighted by Gasteiger charge is 2.45.